The minimum atomic E-state index is -0.471. The van der Waals surface area contributed by atoms with E-state index >= 15 is 0 Å². The lowest BCUT2D eigenvalue weighted by Gasteiger charge is -2.09. The van der Waals surface area contributed by atoms with Crippen molar-refractivity contribution in [1.29, 1.82) is 0 Å². The number of carbonyl (C=O) groups is 2. The normalized spacial score (nSPS) is 10.7. The van der Waals surface area contributed by atoms with Crippen LogP contribution in [0, 0.1) is 6.92 Å². The van der Waals surface area contributed by atoms with Gasteiger partial charge in [0.15, 0.2) is 6.61 Å². The average molecular weight is 543 g/mol. The van der Waals surface area contributed by atoms with Gasteiger partial charge >= 0.3 is 5.97 Å². The molecule has 7 heteroatoms. The number of hydrogen-bond acceptors (Lipinski definition) is 5. The van der Waals surface area contributed by atoms with Crippen LogP contribution in [0.2, 0.25) is 0 Å². The highest BCUT2D eigenvalue weighted by atomic mass is 79.9. The number of rotatable bonds is 8. The monoisotopic (exact) mass is 542 g/mol. The lowest BCUT2D eigenvalue weighted by atomic mass is 10.1. The summed E-state index contributed by atoms with van der Waals surface area (Å²) in [7, 11) is 0. The Morgan fingerprint density at radius 3 is 2.33 bits per heavy atom. The van der Waals surface area contributed by atoms with Crippen LogP contribution in [0.25, 0.3) is 11.1 Å². The molecule has 0 aliphatic carbocycles. The van der Waals surface area contributed by atoms with E-state index < -0.39 is 11.9 Å². The molecule has 0 aromatic heterocycles. The van der Waals surface area contributed by atoms with Crippen molar-refractivity contribution in [2.75, 3.05) is 6.61 Å². The summed E-state index contributed by atoms with van der Waals surface area (Å²) in [6.45, 7) is 1.64. The van der Waals surface area contributed by atoms with E-state index in [0.29, 0.717) is 22.6 Å². The van der Waals surface area contributed by atoms with Gasteiger partial charge in [0.1, 0.15) is 11.5 Å². The molecular weight excluding hydrogens is 520 g/mol. The molecule has 0 radical (unpaired) electrons. The summed E-state index contributed by atoms with van der Waals surface area (Å²) in [5.41, 5.74) is 6.41. The number of nitrogens with one attached hydrogen (secondary N) is 1. The highest BCUT2D eigenvalue weighted by molar-refractivity contribution is 9.10. The van der Waals surface area contributed by atoms with E-state index in [1.807, 2.05) is 73.7 Å². The number of halogens is 1. The molecule has 0 heterocycles. The van der Waals surface area contributed by atoms with Gasteiger partial charge in [0, 0.05) is 10.0 Å². The van der Waals surface area contributed by atoms with E-state index in [1.165, 1.54) is 6.21 Å². The molecule has 180 valence electrons. The molecular formula is C29H23BrN2O4. The first-order chi connectivity index (χ1) is 17.5. The van der Waals surface area contributed by atoms with Crippen molar-refractivity contribution in [1.82, 2.24) is 5.43 Å². The topological polar surface area (TPSA) is 77.0 Å². The van der Waals surface area contributed by atoms with Gasteiger partial charge in [-0.3, -0.25) is 4.79 Å². The quantitative estimate of drug-likeness (QED) is 0.125. The van der Waals surface area contributed by atoms with E-state index in [2.05, 4.69) is 26.5 Å². The highest BCUT2D eigenvalue weighted by Gasteiger charge is 2.13. The van der Waals surface area contributed by atoms with Gasteiger partial charge in [-0.2, -0.15) is 5.10 Å². The van der Waals surface area contributed by atoms with Crippen molar-refractivity contribution in [2.45, 2.75) is 6.92 Å². The van der Waals surface area contributed by atoms with Crippen LogP contribution in [0.15, 0.2) is 107 Å². The minimum absolute atomic E-state index is 0.199. The van der Waals surface area contributed by atoms with E-state index in [-0.39, 0.29) is 6.61 Å². The van der Waals surface area contributed by atoms with Gasteiger partial charge in [-0.1, -0.05) is 76.6 Å². The van der Waals surface area contributed by atoms with Gasteiger partial charge in [-0.25, -0.2) is 10.2 Å². The van der Waals surface area contributed by atoms with E-state index in [4.69, 9.17) is 9.47 Å². The summed E-state index contributed by atoms with van der Waals surface area (Å²) in [5.74, 6) is -0.00181. The van der Waals surface area contributed by atoms with Gasteiger partial charge < -0.3 is 9.47 Å². The maximum Gasteiger partial charge on any atom is 0.343 e. The van der Waals surface area contributed by atoms with Crippen molar-refractivity contribution in [3.63, 3.8) is 0 Å². The van der Waals surface area contributed by atoms with Crippen LogP contribution in [-0.2, 0) is 4.79 Å². The predicted molar refractivity (Wildman–Crippen MR) is 143 cm³/mol. The maximum atomic E-state index is 12.6. The zero-order valence-corrected chi connectivity index (χ0v) is 21.1. The second kappa shape index (κ2) is 12.0. The van der Waals surface area contributed by atoms with Crippen molar-refractivity contribution in [3.05, 3.63) is 118 Å². The molecule has 4 aromatic rings. The molecule has 6 nitrogen and oxygen atoms in total. The maximum absolute atomic E-state index is 12.6. The van der Waals surface area contributed by atoms with Crippen LogP contribution in [-0.4, -0.2) is 24.7 Å². The van der Waals surface area contributed by atoms with Gasteiger partial charge in [-0.05, 0) is 60.0 Å². The molecule has 4 rings (SSSR count). The van der Waals surface area contributed by atoms with Gasteiger partial charge in [0.2, 0.25) is 0 Å². The molecule has 0 bridgehead atoms. The zero-order valence-electron chi connectivity index (χ0n) is 19.5. The third-order valence-electron chi connectivity index (χ3n) is 5.26. The van der Waals surface area contributed by atoms with Crippen molar-refractivity contribution in [3.8, 4) is 22.6 Å². The summed E-state index contributed by atoms with van der Waals surface area (Å²) in [6.07, 6.45) is 1.41. The van der Waals surface area contributed by atoms with Gasteiger partial charge in [-0.15, -0.1) is 0 Å². The molecule has 1 amide bonds. The largest absolute Gasteiger partial charge is 0.484 e. The molecule has 4 aromatic carbocycles. The van der Waals surface area contributed by atoms with E-state index in [1.54, 1.807) is 30.3 Å². The molecule has 0 fully saturated rings. The first-order valence-corrected chi connectivity index (χ1v) is 12.0. The smallest absolute Gasteiger partial charge is 0.343 e. The lowest BCUT2D eigenvalue weighted by molar-refractivity contribution is -0.123. The molecule has 1 N–H and O–H groups in total. The third kappa shape index (κ3) is 6.67. The van der Waals surface area contributed by atoms with Crippen LogP contribution in [0.1, 0.15) is 21.5 Å². The number of amides is 1. The summed E-state index contributed by atoms with van der Waals surface area (Å²) >= 11 is 3.40. The second-order valence-corrected chi connectivity index (χ2v) is 8.77. The SMILES string of the molecule is Cc1ccccc1C(=O)Oc1ccc(Br)cc1/C=N/NC(=O)COc1ccc(-c2ccccc2)cc1. The number of benzene rings is 4. The lowest BCUT2D eigenvalue weighted by Crippen LogP contribution is -2.24. The molecule has 0 aliphatic rings. The summed E-state index contributed by atoms with van der Waals surface area (Å²) < 4.78 is 11.9. The zero-order chi connectivity index (χ0) is 25.3. The first-order valence-electron chi connectivity index (χ1n) is 11.2. The first kappa shape index (κ1) is 24.9. The van der Waals surface area contributed by atoms with Crippen LogP contribution in [0.4, 0.5) is 0 Å². The Hall–Kier alpha value is -4.23. The fourth-order valence-electron chi connectivity index (χ4n) is 3.40. The average Bonchev–Trinajstić information content (AvgIpc) is 2.90. The van der Waals surface area contributed by atoms with Crippen LogP contribution >= 0.6 is 15.9 Å². The molecule has 36 heavy (non-hydrogen) atoms. The Balaban J connectivity index is 1.33. The number of esters is 1. The summed E-state index contributed by atoms with van der Waals surface area (Å²) in [4.78, 5) is 24.8. The van der Waals surface area contributed by atoms with E-state index in [0.717, 1.165) is 21.2 Å². The van der Waals surface area contributed by atoms with Crippen molar-refractivity contribution < 1.29 is 19.1 Å². The molecule has 0 unspecified atom stereocenters. The third-order valence-corrected chi connectivity index (χ3v) is 5.76. The molecule has 0 saturated heterocycles. The minimum Gasteiger partial charge on any atom is -0.484 e. The summed E-state index contributed by atoms with van der Waals surface area (Å²) in [6, 6.07) is 29.8. The van der Waals surface area contributed by atoms with Crippen molar-refractivity contribution in [2.24, 2.45) is 5.10 Å². The van der Waals surface area contributed by atoms with Gasteiger partial charge in [0.05, 0.1) is 11.8 Å². The highest BCUT2D eigenvalue weighted by Crippen LogP contribution is 2.24. The van der Waals surface area contributed by atoms with Crippen LogP contribution in [0.3, 0.4) is 0 Å². The number of aryl methyl sites for hydroxylation is 1. The number of carbonyl (C=O) groups excluding carboxylic acids is 2. The molecule has 0 spiro atoms. The molecule has 0 saturated carbocycles. The van der Waals surface area contributed by atoms with E-state index in [9.17, 15) is 9.59 Å². The summed E-state index contributed by atoms with van der Waals surface area (Å²) in [5, 5.41) is 3.99. The Bertz CT molecular complexity index is 1390. The Morgan fingerprint density at radius 2 is 1.58 bits per heavy atom. The Kier molecular flexibility index (Phi) is 8.26. The van der Waals surface area contributed by atoms with Gasteiger partial charge in [0.25, 0.3) is 5.91 Å². The molecule has 0 aliphatic heterocycles. The number of hydrazone groups is 1. The predicted octanol–water partition coefficient (Wildman–Crippen LogP) is 6.17. The molecule has 0 atom stereocenters. The number of hydrogen-bond donors (Lipinski definition) is 1. The number of nitrogens with zero attached hydrogens (tertiary/aromatic N) is 1. The fourth-order valence-corrected chi connectivity index (χ4v) is 3.78. The van der Waals surface area contributed by atoms with Crippen LogP contribution < -0.4 is 14.9 Å². The Morgan fingerprint density at radius 1 is 0.889 bits per heavy atom. The fraction of sp³-hybridized carbons (Fsp3) is 0.0690. The standard InChI is InChI=1S/C29H23BrN2O4/c1-20-7-5-6-10-26(20)29(34)36-27-16-13-24(30)17-23(27)18-31-32-28(33)19-35-25-14-11-22(12-15-25)21-8-3-2-4-9-21/h2-18H,19H2,1H3,(H,32,33)/b31-18+. The van der Waals surface area contributed by atoms with Crippen LogP contribution in [0.5, 0.6) is 11.5 Å². The number of ether oxygens (including phenoxy) is 2. The van der Waals surface area contributed by atoms with Crippen molar-refractivity contribution >= 4 is 34.0 Å². The second-order valence-electron chi connectivity index (χ2n) is 7.86. The Labute approximate surface area is 217 Å².